The molecule has 0 radical (unpaired) electrons. The van der Waals surface area contributed by atoms with E-state index >= 15 is 0 Å². The van der Waals surface area contributed by atoms with Gasteiger partial charge < -0.3 is 9.15 Å². The molecule has 0 amide bonds. The molecule has 0 atom stereocenters. The number of halogens is 1. The number of hydrogen-bond acceptors (Lipinski definition) is 4. The molecule has 23 heavy (non-hydrogen) atoms. The van der Waals surface area contributed by atoms with Crippen molar-refractivity contribution >= 4 is 32.7 Å². The van der Waals surface area contributed by atoms with Crippen LogP contribution >= 0.6 is 15.9 Å². The second kappa shape index (κ2) is 6.38. The van der Waals surface area contributed by atoms with Gasteiger partial charge in [-0.25, -0.2) is 4.79 Å². The van der Waals surface area contributed by atoms with Gasteiger partial charge in [-0.1, -0.05) is 28.1 Å². The molecule has 3 rings (SSSR count). The van der Waals surface area contributed by atoms with Crippen LogP contribution < -0.4 is 10.4 Å². The first kappa shape index (κ1) is 15.5. The van der Waals surface area contributed by atoms with E-state index < -0.39 is 5.63 Å². The van der Waals surface area contributed by atoms with Crippen molar-refractivity contribution in [3.63, 3.8) is 0 Å². The van der Waals surface area contributed by atoms with Gasteiger partial charge in [0.1, 0.15) is 23.5 Å². The number of ether oxygens (including phenoxy) is 1. The maximum atomic E-state index is 11.8. The van der Waals surface area contributed by atoms with Crippen LogP contribution in [0.4, 0.5) is 0 Å². The van der Waals surface area contributed by atoms with Gasteiger partial charge in [-0.3, -0.25) is 4.79 Å². The number of ketones is 1. The third-order valence-electron chi connectivity index (χ3n) is 3.41. The summed E-state index contributed by atoms with van der Waals surface area (Å²) in [6, 6.07) is 14.6. The van der Waals surface area contributed by atoms with E-state index in [0.29, 0.717) is 23.3 Å². The summed E-state index contributed by atoms with van der Waals surface area (Å²) in [6.07, 6.45) is 0. The molecule has 1 heterocycles. The molecule has 5 heteroatoms. The van der Waals surface area contributed by atoms with Gasteiger partial charge in [0.2, 0.25) is 0 Å². The molecule has 0 unspecified atom stereocenters. The molecule has 4 nitrogen and oxygen atoms in total. The molecule has 2 aromatic carbocycles. The third-order valence-corrected chi connectivity index (χ3v) is 3.93. The molecule has 3 aromatic rings. The maximum Gasteiger partial charge on any atom is 0.347 e. The maximum absolute atomic E-state index is 11.8. The molecule has 0 bridgehead atoms. The zero-order chi connectivity index (χ0) is 16.4. The summed E-state index contributed by atoms with van der Waals surface area (Å²) < 4.78 is 11.9. The fraction of sp³-hybridized carbons (Fsp3) is 0.111. The average molecular weight is 373 g/mol. The largest absolute Gasteiger partial charge is 0.489 e. The predicted octanol–water partition coefficient (Wildman–Crippen LogP) is 4.34. The highest BCUT2D eigenvalue weighted by molar-refractivity contribution is 9.10. The van der Waals surface area contributed by atoms with Gasteiger partial charge in [0.15, 0.2) is 5.78 Å². The van der Waals surface area contributed by atoms with Crippen LogP contribution in [0.3, 0.4) is 0 Å². The van der Waals surface area contributed by atoms with Gasteiger partial charge in [0.05, 0.1) is 0 Å². The van der Waals surface area contributed by atoms with Gasteiger partial charge in [0.25, 0.3) is 0 Å². The lowest BCUT2D eigenvalue weighted by Crippen LogP contribution is -2.10. The second-order valence-electron chi connectivity index (χ2n) is 5.12. The lowest BCUT2D eigenvalue weighted by atomic mass is 10.1. The van der Waals surface area contributed by atoms with Crippen LogP contribution in [0.5, 0.6) is 5.75 Å². The van der Waals surface area contributed by atoms with Gasteiger partial charge >= 0.3 is 5.63 Å². The zero-order valence-corrected chi connectivity index (χ0v) is 13.9. The van der Waals surface area contributed by atoms with Crippen molar-refractivity contribution in [3.8, 4) is 5.75 Å². The molecule has 116 valence electrons. The Morgan fingerprint density at radius 2 is 1.87 bits per heavy atom. The molecule has 0 aliphatic rings. The van der Waals surface area contributed by atoms with Crippen molar-refractivity contribution in [3.05, 3.63) is 74.6 Å². The number of carbonyl (C=O) groups is 1. The summed E-state index contributed by atoms with van der Waals surface area (Å²) in [7, 11) is 0. The van der Waals surface area contributed by atoms with E-state index in [-0.39, 0.29) is 11.3 Å². The highest BCUT2D eigenvalue weighted by Crippen LogP contribution is 2.22. The standard InChI is InChI=1S/C18H13BrO4/c1-11(20)16-8-13-4-7-15(9-17(13)23-18(16)21)22-10-12-2-5-14(19)6-3-12/h2-9H,10H2,1H3. The molecule has 0 fully saturated rings. The number of hydrogen-bond donors (Lipinski definition) is 0. The van der Waals surface area contributed by atoms with Crippen molar-refractivity contribution in [1.82, 2.24) is 0 Å². The molecule has 0 saturated carbocycles. The molecule has 0 N–H and O–H groups in total. The van der Waals surface area contributed by atoms with E-state index in [0.717, 1.165) is 10.0 Å². The molecule has 0 aliphatic carbocycles. The van der Waals surface area contributed by atoms with E-state index in [9.17, 15) is 9.59 Å². The minimum Gasteiger partial charge on any atom is -0.489 e. The van der Waals surface area contributed by atoms with Gasteiger partial charge in [0, 0.05) is 15.9 Å². The van der Waals surface area contributed by atoms with Gasteiger partial charge in [-0.15, -0.1) is 0 Å². The first-order chi connectivity index (χ1) is 11.0. The van der Waals surface area contributed by atoms with E-state index in [1.807, 2.05) is 24.3 Å². The Balaban J connectivity index is 1.85. The average Bonchev–Trinajstić information content (AvgIpc) is 2.53. The minimum absolute atomic E-state index is 0.0565. The lowest BCUT2D eigenvalue weighted by molar-refractivity contribution is 0.101. The van der Waals surface area contributed by atoms with Crippen LogP contribution in [-0.4, -0.2) is 5.78 Å². The third kappa shape index (κ3) is 3.51. The van der Waals surface area contributed by atoms with E-state index in [1.165, 1.54) is 6.92 Å². The molecular weight excluding hydrogens is 360 g/mol. The highest BCUT2D eigenvalue weighted by Gasteiger charge is 2.10. The molecule has 1 aromatic heterocycles. The number of benzene rings is 2. The summed E-state index contributed by atoms with van der Waals surface area (Å²) in [6.45, 7) is 1.75. The summed E-state index contributed by atoms with van der Waals surface area (Å²) >= 11 is 3.38. The van der Waals surface area contributed by atoms with E-state index in [1.54, 1.807) is 24.3 Å². The summed E-state index contributed by atoms with van der Waals surface area (Å²) in [5, 5.41) is 0.686. The lowest BCUT2D eigenvalue weighted by Gasteiger charge is -2.07. The SMILES string of the molecule is CC(=O)c1cc2ccc(OCc3ccc(Br)cc3)cc2oc1=O. The van der Waals surface area contributed by atoms with Gasteiger partial charge in [-0.05, 0) is 42.8 Å². The smallest absolute Gasteiger partial charge is 0.347 e. The van der Waals surface area contributed by atoms with Crippen molar-refractivity contribution in [2.45, 2.75) is 13.5 Å². The number of Topliss-reactive ketones (excluding diaryl/α,β-unsaturated/α-hetero) is 1. The quantitative estimate of drug-likeness (QED) is 0.504. The predicted molar refractivity (Wildman–Crippen MR) is 91.0 cm³/mol. The van der Waals surface area contributed by atoms with E-state index in [2.05, 4.69) is 15.9 Å². The Morgan fingerprint density at radius 1 is 1.13 bits per heavy atom. The first-order valence-corrected chi connectivity index (χ1v) is 7.78. The monoisotopic (exact) mass is 372 g/mol. The fourth-order valence-electron chi connectivity index (χ4n) is 2.17. The van der Waals surface area contributed by atoms with Gasteiger partial charge in [-0.2, -0.15) is 0 Å². The summed E-state index contributed by atoms with van der Waals surface area (Å²) in [5.41, 5.74) is 0.853. The second-order valence-corrected chi connectivity index (χ2v) is 6.03. The Bertz CT molecular complexity index is 926. The number of carbonyl (C=O) groups excluding carboxylic acids is 1. The Kier molecular flexibility index (Phi) is 4.30. The van der Waals surface area contributed by atoms with Crippen LogP contribution in [0.1, 0.15) is 22.8 Å². The summed E-state index contributed by atoms with van der Waals surface area (Å²) in [5.74, 6) is 0.287. The van der Waals surface area contributed by atoms with Crippen molar-refractivity contribution in [2.75, 3.05) is 0 Å². The molecular formula is C18H13BrO4. The highest BCUT2D eigenvalue weighted by atomic mass is 79.9. The number of fused-ring (bicyclic) bond motifs is 1. The van der Waals surface area contributed by atoms with Crippen LogP contribution in [0.25, 0.3) is 11.0 Å². The fourth-order valence-corrected chi connectivity index (χ4v) is 2.44. The number of rotatable bonds is 4. The Labute approximate surface area is 140 Å². The molecule has 0 saturated heterocycles. The van der Waals surface area contributed by atoms with Crippen LogP contribution in [0.15, 0.2) is 62.2 Å². The van der Waals surface area contributed by atoms with Crippen LogP contribution in [-0.2, 0) is 6.61 Å². The van der Waals surface area contributed by atoms with Crippen molar-refractivity contribution in [1.29, 1.82) is 0 Å². The first-order valence-electron chi connectivity index (χ1n) is 6.99. The molecule has 0 aliphatic heterocycles. The van der Waals surface area contributed by atoms with Crippen molar-refractivity contribution in [2.24, 2.45) is 0 Å². The van der Waals surface area contributed by atoms with E-state index in [4.69, 9.17) is 9.15 Å². The topological polar surface area (TPSA) is 56.5 Å². The van der Waals surface area contributed by atoms with Crippen LogP contribution in [0, 0.1) is 0 Å². The molecule has 0 spiro atoms. The zero-order valence-electron chi connectivity index (χ0n) is 12.3. The minimum atomic E-state index is -0.630. The van der Waals surface area contributed by atoms with Crippen molar-refractivity contribution < 1.29 is 13.9 Å². The Morgan fingerprint density at radius 3 is 2.57 bits per heavy atom. The van der Waals surface area contributed by atoms with Crippen LogP contribution in [0.2, 0.25) is 0 Å². The normalized spacial score (nSPS) is 10.7. The Hall–Kier alpha value is -2.40. The summed E-state index contributed by atoms with van der Waals surface area (Å²) in [4.78, 5) is 23.1.